The fourth-order valence-corrected chi connectivity index (χ4v) is 2.39. The van der Waals surface area contributed by atoms with Crippen molar-refractivity contribution in [2.24, 2.45) is 0 Å². The van der Waals surface area contributed by atoms with Gasteiger partial charge in [-0.25, -0.2) is 0 Å². The van der Waals surface area contributed by atoms with Crippen molar-refractivity contribution in [1.29, 1.82) is 0 Å². The van der Waals surface area contributed by atoms with Gasteiger partial charge < -0.3 is 18.8 Å². The SMILES string of the molecule is COC(=O)CCN(CCN1CCOCC1)C(=O)/C=C/c1ccco1. The zero-order valence-electron chi connectivity index (χ0n) is 14.0. The van der Waals surface area contributed by atoms with Gasteiger partial charge in [0.2, 0.25) is 5.91 Å². The number of esters is 1. The predicted octanol–water partition coefficient (Wildman–Crippen LogP) is 1.02. The second-order valence-electron chi connectivity index (χ2n) is 5.45. The lowest BCUT2D eigenvalue weighted by molar-refractivity contribution is -0.141. The number of nitrogens with zero attached hydrogens (tertiary/aromatic N) is 2. The Kier molecular flexibility index (Phi) is 7.51. The summed E-state index contributed by atoms with van der Waals surface area (Å²) in [5, 5.41) is 0. The minimum Gasteiger partial charge on any atom is -0.469 e. The summed E-state index contributed by atoms with van der Waals surface area (Å²) in [7, 11) is 1.35. The van der Waals surface area contributed by atoms with E-state index in [0.717, 1.165) is 19.6 Å². The Morgan fingerprint density at radius 1 is 1.33 bits per heavy atom. The molecule has 24 heavy (non-hydrogen) atoms. The number of ether oxygens (including phenoxy) is 2. The molecule has 1 aromatic heterocycles. The van der Waals surface area contributed by atoms with Gasteiger partial charge in [0.05, 0.1) is 33.0 Å². The molecular formula is C17H24N2O5. The molecule has 0 saturated carbocycles. The second kappa shape index (κ2) is 9.89. The van der Waals surface area contributed by atoms with Crippen molar-refractivity contribution in [2.45, 2.75) is 6.42 Å². The van der Waals surface area contributed by atoms with Gasteiger partial charge in [0.15, 0.2) is 0 Å². The van der Waals surface area contributed by atoms with Gasteiger partial charge in [0.25, 0.3) is 0 Å². The highest BCUT2D eigenvalue weighted by molar-refractivity contribution is 5.91. The normalized spacial score (nSPS) is 15.5. The van der Waals surface area contributed by atoms with E-state index in [2.05, 4.69) is 9.64 Å². The van der Waals surface area contributed by atoms with Crippen LogP contribution in [0.2, 0.25) is 0 Å². The van der Waals surface area contributed by atoms with E-state index in [1.165, 1.54) is 13.2 Å². The van der Waals surface area contributed by atoms with Crippen molar-refractivity contribution in [1.82, 2.24) is 9.80 Å². The number of amides is 1. The van der Waals surface area contributed by atoms with Gasteiger partial charge in [-0.15, -0.1) is 0 Å². The van der Waals surface area contributed by atoms with Crippen molar-refractivity contribution in [2.75, 3.05) is 53.0 Å². The highest BCUT2D eigenvalue weighted by atomic mass is 16.5. The van der Waals surface area contributed by atoms with E-state index in [0.29, 0.717) is 32.1 Å². The molecule has 0 bridgehead atoms. The molecule has 1 fully saturated rings. The molecule has 2 heterocycles. The number of hydrogen-bond acceptors (Lipinski definition) is 6. The molecule has 2 rings (SSSR count). The van der Waals surface area contributed by atoms with E-state index in [1.807, 2.05) is 0 Å². The zero-order chi connectivity index (χ0) is 17.2. The summed E-state index contributed by atoms with van der Waals surface area (Å²) in [5.74, 6) is 0.141. The average Bonchev–Trinajstić information content (AvgIpc) is 3.14. The molecule has 1 aromatic rings. The Balaban J connectivity index is 1.89. The van der Waals surface area contributed by atoms with Crippen LogP contribution >= 0.6 is 0 Å². The van der Waals surface area contributed by atoms with Gasteiger partial charge in [-0.2, -0.15) is 0 Å². The molecule has 0 atom stereocenters. The van der Waals surface area contributed by atoms with Crippen LogP contribution < -0.4 is 0 Å². The minimum absolute atomic E-state index is 0.149. The number of methoxy groups -OCH3 is 1. The van der Waals surface area contributed by atoms with Gasteiger partial charge in [-0.05, 0) is 18.2 Å². The number of hydrogen-bond donors (Lipinski definition) is 0. The zero-order valence-corrected chi connectivity index (χ0v) is 14.0. The largest absolute Gasteiger partial charge is 0.469 e. The van der Waals surface area contributed by atoms with Crippen LogP contribution in [-0.2, 0) is 19.1 Å². The third-order valence-corrected chi connectivity index (χ3v) is 3.85. The third kappa shape index (κ3) is 6.17. The van der Waals surface area contributed by atoms with Crippen LogP contribution in [0, 0.1) is 0 Å². The monoisotopic (exact) mass is 336 g/mol. The lowest BCUT2D eigenvalue weighted by Gasteiger charge is -2.29. The molecule has 7 heteroatoms. The standard InChI is InChI=1S/C17H24N2O5/c1-22-17(21)6-7-19(9-8-18-10-13-23-14-11-18)16(20)5-4-15-3-2-12-24-15/h2-5,12H,6-11,13-14H2,1H3/b5-4+. The van der Waals surface area contributed by atoms with Gasteiger partial charge in [0, 0.05) is 38.8 Å². The highest BCUT2D eigenvalue weighted by Gasteiger charge is 2.16. The van der Waals surface area contributed by atoms with Crippen molar-refractivity contribution >= 4 is 18.0 Å². The molecule has 0 N–H and O–H groups in total. The van der Waals surface area contributed by atoms with Crippen molar-refractivity contribution in [3.63, 3.8) is 0 Å². The maximum Gasteiger partial charge on any atom is 0.307 e. The van der Waals surface area contributed by atoms with Crippen LogP contribution in [0.5, 0.6) is 0 Å². The van der Waals surface area contributed by atoms with Crippen molar-refractivity contribution in [3.05, 3.63) is 30.2 Å². The van der Waals surface area contributed by atoms with Crippen LogP contribution in [0.25, 0.3) is 6.08 Å². The maximum atomic E-state index is 12.4. The van der Waals surface area contributed by atoms with Crippen LogP contribution in [-0.4, -0.2) is 74.7 Å². The summed E-state index contributed by atoms with van der Waals surface area (Å²) in [6.45, 7) is 4.80. The van der Waals surface area contributed by atoms with Gasteiger partial charge >= 0.3 is 5.97 Å². The fraction of sp³-hybridized carbons (Fsp3) is 0.529. The van der Waals surface area contributed by atoms with E-state index in [1.54, 1.807) is 29.4 Å². The predicted molar refractivity (Wildman–Crippen MR) is 88.2 cm³/mol. The van der Waals surface area contributed by atoms with E-state index in [4.69, 9.17) is 9.15 Å². The van der Waals surface area contributed by atoms with E-state index in [-0.39, 0.29) is 18.3 Å². The lowest BCUT2D eigenvalue weighted by atomic mass is 10.3. The first-order valence-electron chi connectivity index (χ1n) is 8.06. The van der Waals surface area contributed by atoms with E-state index < -0.39 is 0 Å². The molecule has 1 aliphatic rings. The molecule has 132 valence electrons. The lowest BCUT2D eigenvalue weighted by Crippen LogP contribution is -2.43. The smallest absolute Gasteiger partial charge is 0.307 e. The topological polar surface area (TPSA) is 72.2 Å². The number of furan rings is 1. The Labute approximate surface area is 141 Å². The van der Waals surface area contributed by atoms with E-state index in [9.17, 15) is 9.59 Å². The summed E-state index contributed by atoms with van der Waals surface area (Å²) < 4.78 is 15.2. The second-order valence-corrected chi connectivity index (χ2v) is 5.45. The summed E-state index contributed by atoms with van der Waals surface area (Å²) in [6, 6.07) is 3.54. The minimum atomic E-state index is -0.325. The van der Waals surface area contributed by atoms with Crippen LogP contribution in [0.3, 0.4) is 0 Å². The molecule has 1 amide bonds. The van der Waals surface area contributed by atoms with Gasteiger partial charge in [-0.1, -0.05) is 0 Å². The molecule has 0 aliphatic carbocycles. The van der Waals surface area contributed by atoms with Crippen molar-refractivity contribution < 1.29 is 23.5 Å². The Morgan fingerprint density at radius 2 is 2.12 bits per heavy atom. The van der Waals surface area contributed by atoms with Crippen LogP contribution in [0.4, 0.5) is 0 Å². The Morgan fingerprint density at radius 3 is 2.79 bits per heavy atom. The third-order valence-electron chi connectivity index (χ3n) is 3.85. The number of rotatable bonds is 8. The number of carbonyl (C=O) groups excluding carboxylic acids is 2. The van der Waals surface area contributed by atoms with Crippen LogP contribution in [0.1, 0.15) is 12.2 Å². The first kappa shape index (κ1) is 18.2. The first-order chi connectivity index (χ1) is 11.7. The first-order valence-corrected chi connectivity index (χ1v) is 8.06. The molecule has 0 radical (unpaired) electrons. The molecular weight excluding hydrogens is 312 g/mol. The average molecular weight is 336 g/mol. The summed E-state index contributed by atoms with van der Waals surface area (Å²) in [5.41, 5.74) is 0. The molecule has 1 aliphatic heterocycles. The molecule has 0 aromatic carbocycles. The van der Waals surface area contributed by atoms with Crippen LogP contribution in [0.15, 0.2) is 28.9 Å². The van der Waals surface area contributed by atoms with E-state index >= 15 is 0 Å². The molecule has 0 spiro atoms. The van der Waals surface area contributed by atoms with Gasteiger partial charge in [-0.3, -0.25) is 14.5 Å². The Hall–Kier alpha value is -2.12. The number of morpholine rings is 1. The number of carbonyl (C=O) groups is 2. The highest BCUT2D eigenvalue weighted by Crippen LogP contribution is 2.05. The molecule has 1 saturated heterocycles. The fourth-order valence-electron chi connectivity index (χ4n) is 2.39. The van der Waals surface area contributed by atoms with Crippen molar-refractivity contribution in [3.8, 4) is 0 Å². The molecule has 0 unspecified atom stereocenters. The summed E-state index contributed by atoms with van der Waals surface area (Å²) in [4.78, 5) is 27.7. The van der Waals surface area contributed by atoms with Gasteiger partial charge in [0.1, 0.15) is 5.76 Å². The summed E-state index contributed by atoms with van der Waals surface area (Å²) in [6.07, 6.45) is 4.83. The molecule has 7 nitrogen and oxygen atoms in total. The maximum absolute atomic E-state index is 12.4. The summed E-state index contributed by atoms with van der Waals surface area (Å²) >= 11 is 0. The quantitative estimate of drug-likeness (QED) is 0.521. The Bertz CT molecular complexity index is 535.